The lowest BCUT2D eigenvalue weighted by Gasteiger charge is -2.07. The van der Waals surface area contributed by atoms with E-state index in [1.165, 1.54) is 24.4 Å². The van der Waals surface area contributed by atoms with Gasteiger partial charge in [0.25, 0.3) is 0 Å². The molecule has 0 bridgehead atoms. The zero-order chi connectivity index (χ0) is 13.8. The van der Waals surface area contributed by atoms with E-state index in [-0.39, 0.29) is 17.1 Å². The second-order valence-electron chi connectivity index (χ2n) is 3.95. The number of rotatable bonds is 4. The molecular formula is C13H12FN3O2. The smallest absolute Gasteiger partial charge is 0.337 e. The average Bonchev–Trinajstić information content (AvgIpc) is 2.37. The number of aromatic nitrogens is 1. The van der Waals surface area contributed by atoms with Crippen LogP contribution in [-0.2, 0) is 6.54 Å². The molecule has 0 aliphatic carbocycles. The Morgan fingerprint density at radius 1 is 1.42 bits per heavy atom. The number of halogens is 1. The van der Waals surface area contributed by atoms with E-state index >= 15 is 0 Å². The highest BCUT2D eigenvalue weighted by Gasteiger charge is 2.09. The van der Waals surface area contributed by atoms with Crippen LogP contribution in [0.25, 0.3) is 0 Å². The number of anilines is 2. The normalized spacial score (nSPS) is 10.2. The molecule has 0 saturated heterocycles. The SMILES string of the molecule is Nc1cnc(NCc2cccc(F)c2)cc1C(=O)O. The first kappa shape index (κ1) is 12.8. The molecule has 19 heavy (non-hydrogen) atoms. The Hall–Kier alpha value is -2.63. The average molecular weight is 261 g/mol. The molecule has 0 radical (unpaired) electrons. The number of benzene rings is 1. The minimum absolute atomic E-state index is 0.0169. The maximum absolute atomic E-state index is 13.0. The summed E-state index contributed by atoms with van der Waals surface area (Å²) in [6, 6.07) is 7.45. The van der Waals surface area contributed by atoms with Crippen LogP contribution in [0.4, 0.5) is 15.9 Å². The minimum Gasteiger partial charge on any atom is -0.478 e. The number of nitrogens with zero attached hydrogens (tertiary/aromatic N) is 1. The van der Waals surface area contributed by atoms with Crippen LogP contribution in [0.3, 0.4) is 0 Å². The van der Waals surface area contributed by atoms with Crippen molar-refractivity contribution >= 4 is 17.5 Å². The van der Waals surface area contributed by atoms with Gasteiger partial charge in [0.2, 0.25) is 0 Å². The molecule has 0 amide bonds. The van der Waals surface area contributed by atoms with E-state index in [2.05, 4.69) is 10.3 Å². The number of pyridine rings is 1. The van der Waals surface area contributed by atoms with Gasteiger partial charge in [0.1, 0.15) is 11.6 Å². The zero-order valence-corrected chi connectivity index (χ0v) is 9.93. The molecule has 0 unspecified atom stereocenters. The fourth-order valence-electron chi connectivity index (χ4n) is 1.59. The van der Waals surface area contributed by atoms with Gasteiger partial charge in [-0.2, -0.15) is 0 Å². The molecule has 98 valence electrons. The monoisotopic (exact) mass is 261 g/mol. The summed E-state index contributed by atoms with van der Waals surface area (Å²) < 4.78 is 13.0. The van der Waals surface area contributed by atoms with Crippen LogP contribution >= 0.6 is 0 Å². The number of hydrogen-bond acceptors (Lipinski definition) is 4. The molecule has 5 nitrogen and oxygen atoms in total. The van der Waals surface area contributed by atoms with Crippen molar-refractivity contribution in [2.45, 2.75) is 6.54 Å². The van der Waals surface area contributed by atoms with Crippen LogP contribution < -0.4 is 11.1 Å². The van der Waals surface area contributed by atoms with Gasteiger partial charge in [-0.15, -0.1) is 0 Å². The Balaban J connectivity index is 2.12. The predicted octanol–water partition coefficient (Wildman–Crippen LogP) is 2.11. The lowest BCUT2D eigenvalue weighted by molar-refractivity contribution is 0.0698. The van der Waals surface area contributed by atoms with Crippen molar-refractivity contribution in [3.63, 3.8) is 0 Å². The van der Waals surface area contributed by atoms with Crippen LogP contribution in [0.2, 0.25) is 0 Å². The summed E-state index contributed by atoms with van der Waals surface area (Å²) in [5, 5.41) is 11.8. The molecule has 4 N–H and O–H groups in total. The van der Waals surface area contributed by atoms with Crippen LogP contribution in [0.15, 0.2) is 36.5 Å². The second kappa shape index (κ2) is 5.34. The fourth-order valence-corrected chi connectivity index (χ4v) is 1.59. The topological polar surface area (TPSA) is 88.2 Å². The summed E-state index contributed by atoms with van der Waals surface area (Å²) in [6.07, 6.45) is 1.28. The molecule has 6 heteroatoms. The fraction of sp³-hybridized carbons (Fsp3) is 0.0769. The summed E-state index contributed by atoms with van der Waals surface area (Å²) in [7, 11) is 0. The first-order chi connectivity index (χ1) is 9.06. The van der Waals surface area contributed by atoms with Gasteiger partial charge in [0.05, 0.1) is 17.4 Å². The van der Waals surface area contributed by atoms with E-state index in [4.69, 9.17) is 10.8 Å². The molecular weight excluding hydrogens is 249 g/mol. The number of carboxylic acid groups (broad SMARTS) is 1. The number of hydrogen-bond donors (Lipinski definition) is 3. The van der Waals surface area contributed by atoms with Gasteiger partial charge in [-0.25, -0.2) is 14.2 Å². The van der Waals surface area contributed by atoms with Crippen LogP contribution in [0, 0.1) is 5.82 Å². The second-order valence-corrected chi connectivity index (χ2v) is 3.95. The molecule has 2 rings (SSSR count). The largest absolute Gasteiger partial charge is 0.478 e. The Kier molecular flexibility index (Phi) is 3.61. The third kappa shape index (κ3) is 3.19. The molecule has 0 spiro atoms. The quantitative estimate of drug-likeness (QED) is 0.784. The molecule has 0 atom stereocenters. The van der Waals surface area contributed by atoms with Gasteiger partial charge in [-0.3, -0.25) is 0 Å². The molecule has 0 aliphatic heterocycles. The van der Waals surface area contributed by atoms with Gasteiger partial charge < -0.3 is 16.2 Å². The lowest BCUT2D eigenvalue weighted by Crippen LogP contribution is -2.07. The summed E-state index contributed by atoms with van der Waals surface area (Å²) in [4.78, 5) is 14.9. The Labute approximate surface area is 108 Å². The number of nitrogens with two attached hydrogens (primary N) is 1. The van der Waals surface area contributed by atoms with Crippen molar-refractivity contribution in [2.24, 2.45) is 0 Å². The molecule has 0 aliphatic rings. The highest BCUT2D eigenvalue weighted by atomic mass is 19.1. The highest BCUT2D eigenvalue weighted by Crippen LogP contribution is 2.15. The van der Waals surface area contributed by atoms with Crippen molar-refractivity contribution in [2.75, 3.05) is 11.1 Å². The van der Waals surface area contributed by atoms with Gasteiger partial charge in [-0.1, -0.05) is 12.1 Å². The van der Waals surface area contributed by atoms with E-state index in [1.54, 1.807) is 12.1 Å². The maximum atomic E-state index is 13.0. The number of carboxylic acids is 1. The van der Waals surface area contributed by atoms with Gasteiger partial charge >= 0.3 is 5.97 Å². The van der Waals surface area contributed by atoms with Crippen LogP contribution in [-0.4, -0.2) is 16.1 Å². The number of nitrogen functional groups attached to an aromatic ring is 1. The number of nitrogens with one attached hydrogen (secondary N) is 1. The van der Waals surface area contributed by atoms with Gasteiger partial charge in [0.15, 0.2) is 0 Å². The first-order valence-corrected chi connectivity index (χ1v) is 5.53. The first-order valence-electron chi connectivity index (χ1n) is 5.53. The van der Waals surface area contributed by atoms with Crippen molar-refractivity contribution in [1.29, 1.82) is 0 Å². The third-order valence-electron chi connectivity index (χ3n) is 2.53. The van der Waals surface area contributed by atoms with E-state index < -0.39 is 5.97 Å². The Bertz CT molecular complexity index is 617. The lowest BCUT2D eigenvalue weighted by atomic mass is 10.2. The predicted molar refractivity (Wildman–Crippen MR) is 69.3 cm³/mol. The van der Waals surface area contributed by atoms with E-state index in [0.29, 0.717) is 12.4 Å². The number of carbonyl (C=O) groups is 1. The van der Waals surface area contributed by atoms with E-state index in [1.807, 2.05) is 0 Å². The third-order valence-corrected chi connectivity index (χ3v) is 2.53. The molecule has 1 aromatic carbocycles. The van der Waals surface area contributed by atoms with Crippen molar-refractivity contribution < 1.29 is 14.3 Å². The van der Waals surface area contributed by atoms with E-state index in [0.717, 1.165) is 5.56 Å². The van der Waals surface area contributed by atoms with Crippen molar-refractivity contribution in [1.82, 2.24) is 4.98 Å². The van der Waals surface area contributed by atoms with Gasteiger partial charge in [0, 0.05) is 6.54 Å². The molecule has 0 saturated carbocycles. The molecule has 1 aromatic heterocycles. The van der Waals surface area contributed by atoms with Crippen LogP contribution in [0.1, 0.15) is 15.9 Å². The zero-order valence-electron chi connectivity index (χ0n) is 9.93. The summed E-state index contributed by atoms with van der Waals surface area (Å²) >= 11 is 0. The molecule has 2 aromatic rings. The summed E-state index contributed by atoms with van der Waals surface area (Å²) in [6.45, 7) is 0.341. The maximum Gasteiger partial charge on any atom is 0.337 e. The van der Waals surface area contributed by atoms with E-state index in [9.17, 15) is 9.18 Å². The van der Waals surface area contributed by atoms with Crippen molar-refractivity contribution in [3.8, 4) is 0 Å². The van der Waals surface area contributed by atoms with Crippen molar-refractivity contribution in [3.05, 3.63) is 53.5 Å². The Morgan fingerprint density at radius 2 is 2.21 bits per heavy atom. The summed E-state index contributed by atoms with van der Waals surface area (Å²) in [5.41, 5.74) is 6.31. The highest BCUT2D eigenvalue weighted by molar-refractivity contribution is 5.94. The van der Waals surface area contributed by atoms with Crippen LogP contribution in [0.5, 0.6) is 0 Å². The summed E-state index contributed by atoms with van der Waals surface area (Å²) in [5.74, 6) is -1.07. The molecule has 1 heterocycles. The Morgan fingerprint density at radius 3 is 2.89 bits per heavy atom. The standard InChI is InChI=1S/C13H12FN3O2/c14-9-3-1-2-8(4-9)6-16-12-5-10(13(18)19)11(15)7-17-12/h1-5,7H,6,15H2,(H,16,17)(H,18,19). The molecule has 0 fully saturated rings. The van der Waals surface area contributed by atoms with Gasteiger partial charge in [-0.05, 0) is 23.8 Å². The number of aromatic carboxylic acids is 1. The minimum atomic E-state index is -1.12.